The van der Waals surface area contributed by atoms with E-state index in [0.717, 1.165) is 49.1 Å². The molecule has 104 heavy (non-hydrogen) atoms. The fourth-order valence-electron chi connectivity index (χ4n) is 16.4. The summed E-state index contributed by atoms with van der Waals surface area (Å²) in [5, 5.41) is 2.87. The number of benzene rings is 2. The van der Waals surface area contributed by atoms with Gasteiger partial charge in [-0.2, -0.15) is 0 Å². The van der Waals surface area contributed by atoms with Crippen molar-refractivity contribution in [2.24, 2.45) is 0 Å². The van der Waals surface area contributed by atoms with Crippen LogP contribution in [-0.4, -0.2) is 4.70 Å². The molecule has 1 aliphatic rings. The predicted octanol–water partition coefficient (Wildman–Crippen LogP) is 37.4. The Morgan fingerprint density at radius 1 is 0.231 bits per heavy atom. The Hall–Kier alpha value is -1.99. The van der Waals surface area contributed by atoms with Crippen molar-refractivity contribution in [1.29, 1.82) is 0 Å². The van der Waals surface area contributed by atoms with E-state index >= 15 is 0 Å². The number of hydrogen-bond donors (Lipinski definition) is 0. The maximum absolute atomic E-state index is 12.0. The third-order valence-electron chi connectivity index (χ3n) is 23.4. The van der Waals surface area contributed by atoms with Gasteiger partial charge in [0, 0.05) is 22.3 Å². The number of hydrogen-bond acceptors (Lipinski definition) is 0. The number of aryl methyl sites for hydroxylation is 2. The summed E-state index contributed by atoms with van der Waals surface area (Å²) in [5.41, 5.74) is 21.8. The molecule has 3 rings (SSSR count). The van der Waals surface area contributed by atoms with Gasteiger partial charge < -0.3 is 5.53 Å². The minimum absolute atomic E-state index is 1.01. The van der Waals surface area contributed by atoms with Gasteiger partial charge in [-0.25, -0.2) is 4.70 Å². The average molecular weight is 1490 g/mol. The molecule has 3 heteroatoms. The fraction of sp³-hybridized carbons (Fsp3) is 0.842. The first-order chi connectivity index (χ1) is 51.5. The van der Waals surface area contributed by atoms with Crippen LogP contribution in [0.3, 0.4) is 0 Å². The molecule has 608 valence electrons. The molecule has 0 saturated heterocycles. The summed E-state index contributed by atoms with van der Waals surface area (Å²) in [6.45, 7) is 13.6. The molecule has 1 heterocycles. The van der Waals surface area contributed by atoms with E-state index in [2.05, 4.69) is 105 Å². The Bertz CT molecular complexity index is 2100. The first-order valence-electron chi connectivity index (χ1n) is 48.1. The van der Waals surface area contributed by atoms with Gasteiger partial charge in [0.25, 0.3) is 0 Å². The zero-order valence-electron chi connectivity index (χ0n) is 71.7. The summed E-state index contributed by atoms with van der Waals surface area (Å²) in [6.07, 6.45) is 110. The number of nitrogens with zero attached hydrogens (tertiary/aromatic N) is 2. The molecule has 0 fully saturated rings. The van der Waals surface area contributed by atoms with Crippen molar-refractivity contribution < 1.29 is 19.1 Å². The molecule has 0 unspecified atom stereocenters. The summed E-state index contributed by atoms with van der Waals surface area (Å²) in [5.74, 6) is 0. The van der Waals surface area contributed by atoms with Crippen molar-refractivity contribution in [3.8, 4) is 0 Å². The third kappa shape index (κ3) is 59.8. The van der Waals surface area contributed by atoms with Gasteiger partial charge in [-0.15, -0.1) is 0 Å². The molecule has 0 radical (unpaired) electrons. The first-order valence-corrected chi connectivity index (χ1v) is 49.5. The van der Waals surface area contributed by atoms with Crippen molar-refractivity contribution >= 4 is 11.4 Å². The van der Waals surface area contributed by atoms with E-state index in [1.165, 1.54) is 501 Å². The quantitative estimate of drug-likeness (QED) is 0.0358. The second-order valence-corrected chi connectivity index (χ2v) is 35.1. The van der Waals surface area contributed by atoms with Crippen molar-refractivity contribution in [2.75, 3.05) is 0 Å². The maximum atomic E-state index is 12.0. The molecule has 2 aromatic carbocycles. The molecule has 0 amide bonds. The molecular formula is C101H184N2Ni. The average Bonchev–Trinajstić information content (AvgIpc) is 1.61. The van der Waals surface area contributed by atoms with E-state index in [1.807, 2.05) is 0 Å². The van der Waals surface area contributed by atoms with Crippen molar-refractivity contribution in [2.45, 2.75) is 547 Å². The molecule has 0 spiro atoms. The van der Waals surface area contributed by atoms with Crippen LogP contribution in [0.15, 0.2) is 59.7 Å². The normalized spacial score (nSPS) is 12.5. The molecule has 2 aromatic rings. The van der Waals surface area contributed by atoms with E-state index in [1.54, 1.807) is 4.70 Å². The van der Waals surface area contributed by atoms with Gasteiger partial charge in [0.05, 0.1) is 0 Å². The molecule has 0 N–H and O–H groups in total. The fourth-order valence-corrected chi connectivity index (χ4v) is 17.6. The van der Waals surface area contributed by atoms with Crippen LogP contribution in [0, 0.1) is 6.92 Å². The number of allylic oxidation sites excluding steroid dienone is 2. The van der Waals surface area contributed by atoms with Gasteiger partial charge in [-0.05, 0) is 75.3 Å². The molecule has 0 aromatic heterocycles. The van der Waals surface area contributed by atoms with Gasteiger partial charge in [0.15, 0.2) is 0 Å². The first kappa shape index (κ1) is 98.1. The van der Waals surface area contributed by atoms with Crippen LogP contribution in [0.2, 0.25) is 10.8 Å². The Kier molecular flexibility index (Phi) is 74.6. The van der Waals surface area contributed by atoms with Crippen LogP contribution in [0.25, 0.3) is 16.9 Å². The zero-order chi connectivity index (χ0) is 74.4. The van der Waals surface area contributed by atoms with Gasteiger partial charge in [-0.1, -0.05) is 379 Å². The van der Waals surface area contributed by atoms with E-state index in [4.69, 9.17) is 0 Å². The minimum atomic E-state index is 1.01. The second kappa shape index (κ2) is 79.1. The van der Waals surface area contributed by atoms with Gasteiger partial charge in [0.1, 0.15) is 0 Å². The molecular weight excluding hydrogens is 1300 g/mol. The van der Waals surface area contributed by atoms with Crippen LogP contribution in [0.4, 0.5) is 0 Å². The predicted molar refractivity (Wildman–Crippen MR) is 468 cm³/mol. The summed E-state index contributed by atoms with van der Waals surface area (Å²) < 4.78 is 1.57. The summed E-state index contributed by atoms with van der Waals surface area (Å²) in [6, 6.07) is 17.9. The van der Waals surface area contributed by atoms with E-state index in [-0.39, 0.29) is 0 Å². The number of unbranched alkanes of at least 4 members (excludes halogenated alkanes) is 69. The Labute approximate surface area is 660 Å². The topological polar surface area (TPSA) is 25.3 Å². The van der Waals surface area contributed by atoms with Crippen LogP contribution in [0.5, 0.6) is 0 Å². The van der Waals surface area contributed by atoms with E-state index in [9.17, 15) is 5.53 Å². The molecule has 0 bridgehead atoms. The summed E-state index contributed by atoms with van der Waals surface area (Å²) in [7, 11) is 0. The van der Waals surface area contributed by atoms with E-state index in [0.29, 0.717) is 0 Å². The molecule has 2 nitrogen and oxygen atoms in total. The van der Waals surface area contributed by atoms with Crippen molar-refractivity contribution in [3.05, 3.63) is 87.5 Å². The number of rotatable bonds is 81. The van der Waals surface area contributed by atoms with Gasteiger partial charge in [-0.3, -0.25) is 0 Å². The SMILES string of the molecule is CCCCCCCCCCCCCCCCCCCCCCCCCCc1cccc(C2=C(CCCC)C(CCCCCCCC)=C(c3ccc(C)cc3)[N+]2=[N-])c1.CCCCCCCCCCCCCCCCCCCCCC[CH2][Ni][CH2]CCCCCCCCCCCCCCCCCCCCCC. The Balaban J connectivity index is 0.000000722. The Morgan fingerprint density at radius 2 is 0.452 bits per heavy atom. The van der Waals surface area contributed by atoms with Gasteiger partial charge in [0.2, 0.25) is 11.4 Å². The minimum Gasteiger partial charge on any atom is -0.0654 e. The monoisotopic (exact) mass is 1480 g/mol. The smallest absolute Gasteiger partial charge is 0.0654 e. The molecule has 0 aliphatic carbocycles. The zero-order valence-corrected chi connectivity index (χ0v) is 72.7. The van der Waals surface area contributed by atoms with Gasteiger partial charge >= 0.3 is 166 Å². The van der Waals surface area contributed by atoms with Crippen LogP contribution >= 0.6 is 0 Å². The van der Waals surface area contributed by atoms with Crippen LogP contribution < -0.4 is 0 Å². The summed E-state index contributed by atoms with van der Waals surface area (Å²) >= 11 is 2.05. The standard InChI is InChI=1S/C55H90N2.2C23H47.Ni/c1-5-8-11-13-15-16-17-18-19-20-21-22-23-24-25-26-27-28-29-30-31-32-33-35-38-49-39-37-40-51(47-49)55-52(41-10-7-3)53(42-36-34-14-12-9-6-2)54(57(55)56)50-45-43-48(4)44-46-50;2*1-3-5-7-9-11-13-15-17-19-21-23-22-20-18-16-14-12-10-8-6-4-2;/h37,39-40,43-47H,5-36,38,41-42H2,1-4H3;2*1,3-23H2,2H3;. The van der Waals surface area contributed by atoms with E-state index < -0.39 is 0 Å². The Morgan fingerprint density at radius 3 is 0.721 bits per heavy atom. The van der Waals surface area contributed by atoms with Crippen molar-refractivity contribution in [1.82, 2.24) is 0 Å². The van der Waals surface area contributed by atoms with Crippen LogP contribution in [0.1, 0.15) is 545 Å². The second-order valence-electron chi connectivity index (χ2n) is 33.7. The molecule has 1 aliphatic heterocycles. The molecule has 0 atom stereocenters. The van der Waals surface area contributed by atoms with Crippen molar-refractivity contribution in [3.63, 3.8) is 0 Å². The van der Waals surface area contributed by atoms with Crippen LogP contribution in [-0.2, 0) is 20.9 Å². The summed E-state index contributed by atoms with van der Waals surface area (Å²) in [4.78, 5) is 0. The molecule has 0 saturated carbocycles. The third-order valence-corrected chi connectivity index (χ3v) is 24.8.